The highest BCUT2D eigenvalue weighted by Crippen LogP contribution is 2.40. The predicted molar refractivity (Wildman–Crippen MR) is 64.8 cm³/mol. The largest absolute Gasteiger partial charge is 0.367 e. The van der Waals surface area contributed by atoms with Gasteiger partial charge < -0.3 is 5.32 Å². The zero-order valence-corrected chi connectivity index (χ0v) is 10.2. The average Bonchev–Trinajstić information content (AvgIpc) is 3.12. The molecule has 0 amide bonds. The molecule has 1 heterocycles. The molecule has 0 radical (unpaired) electrons. The van der Waals surface area contributed by atoms with E-state index < -0.39 is 0 Å². The monoisotopic (exact) mass is 237 g/mol. The Kier molecular flexibility index (Phi) is 2.51. The normalized spacial score (nSPS) is 27.9. The Morgan fingerprint density at radius 3 is 2.88 bits per heavy atom. The van der Waals surface area contributed by atoms with E-state index in [2.05, 4.69) is 22.2 Å². The van der Waals surface area contributed by atoms with Crippen molar-refractivity contribution in [1.82, 2.24) is 9.97 Å². The van der Waals surface area contributed by atoms with Crippen LogP contribution in [0, 0.1) is 5.92 Å². The van der Waals surface area contributed by atoms with Crippen molar-refractivity contribution in [2.24, 2.45) is 5.92 Å². The van der Waals surface area contributed by atoms with Gasteiger partial charge in [-0.25, -0.2) is 9.97 Å². The summed E-state index contributed by atoms with van der Waals surface area (Å²) in [4.78, 5) is 8.81. The molecule has 2 saturated carbocycles. The van der Waals surface area contributed by atoms with Crippen molar-refractivity contribution in [3.8, 4) is 0 Å². The molecule has 1 aromatic rings. The molecule has 2 fully saturated rings. The van der Waals surface area contributed by atoms with Gasteiger partial charge in [-0.15, -0.1) is 0 Å². The third-order valence-electron chi connectivity index (χ3n) is 3.43. The summed E-state index contributed by atoms with van der Waals surface area (Å²) in [5.74, 6) is 3.20. The van der Waals surface area contributed by atoms with Gasteiger partial charge >= 0.3 is 0 Å². The molecule has 0 saturated heterocycles. The predicted octanol–water partition coefficient (Wildman–Crippen LogP) is 3.22. The Morgan fingerprint density at radius 2 is 2.25 bits per heavy atom. The molecule has 3 rings (SSSR count). The first-order valence-electron chi connectivity index (χ1n) is 6.07. The van der Waals surface area contributed by atoms with Gasteiger partial charge in [0.1, 0.15) is 16.8 Å². The van der Waals surface area contributed by atoms with Crippen LogP contribution < -0.4 is 5.32 Å². The molecule has 0 bridgehead atoms. The Hall–Kier alpha value is -0.830. The first-order valence-corrected chi connectivity index (χ1v) is 6.45. The van der Waals surface area contributed by atoms with Gasteiger partial charge in [-0.3, -0.25) is 0 Å². The molecule has 2 unspecified atom stereocenters. The number of nitrogens with one attached hydrogen (secondary N) is 1. The molecule has 2 atom stereocenters. The van der Waals surface area contributed by atoms with E-state index >= 15 is 0 Å². The lowest BCUT2D eigenvalue weighted by Gasteiger charge is -2.06. The summed E-state index contributed by atoms with van der Waals surface area (Å²) in [6.07, 6.45) is 4.92. The van der Waals surface area contributed by atoms with Crippen LogP contribution in [-0.2, 0) is 0 Å². The number of halogens is 1. The summed E-state index contributed by atoms with van der Waals surface area (Å²) in [6.45, 7) is 2.23. The number of hydrogen-bond donors (Lipinski definition) is 1. The summed E-state index contributed by atoms with van der Waals surface area (Å²) in [6, 6.07) is 2.43. The number of hydrogen-bond acceptors (Lipinski definition) is 3. The lowest BCUT2D eigenvalue weighted by Crippen LogP contribution is -2.08. The third kappa shape index (κ3) is 2.14. The highest BCUT2D eigenvalue weighted by Gasteiger charge is 2.35. The van der Waals surface area contributed by atoms with Crippen molar-refractivity contribution in [3.05, 3.63) is 17.0 Å². The number of anilines is 1. The van der Waals surface area contributed by atoms with Crippen LogP contribution in [0.4, 0.5) is 5.82 Å². The van der Waals surface area contributed by atoms with Crippen molar-refractivity contribution >= 4 is 17.4 Å². The van der Waals surface area contributed by atoms with Crippen LogP contribution in [-0.4, -0.2) is 16.0 Å². The van der Waals surface area contributed by atoms with E-state index in [0.717, 1.165) is 17.6 Å². The smallest absolute Gasteiger partial charge is 0.135 e. The maximum absolute atomic E-state index is 6.00. The summed E-state index contributed by atoms with van der Waals surface area (Å²) < 4.78 is 0. The van der Waals surface area contributed by atoms with Gasteiger partial charge in [0, 0.05) is 18.0 Å². The number of aromatic nitrogens is 2. The van der Waals surface area contributed by atoms with E-state index in [0.29, 0.717) is 17.1 Å². The molecule has 2 aliphatic rings. The minimum absolute atomic E-state index is 0.556. The highest BCUT2D eigenvalue weighted by atomic mass is 35.5. The van der Waals surface area contributed by atoms with E-state index in [-0.39, 0.29) is 0 Å². The van der Waals surface area contributed by atoms with Gasteiger partial charge in [0.25, 0.3) is 0 Å². The van der Waals surface area contributed by atoms with Crippen molar-refractivity contribution < 1.29 is 0 Å². The minimum Gasteiger partial charge on any atom is -0.367 e. The Labute approximate surface area is 101 Å². The molecule has 16 heavy (non-hydrogen) atoms. The van der Waals surface area contributed by atoms with E-state index in [1.54, 1.807) is 0 Å². The fourth-order valence-corrected chi connectivity index (χ4v) is 2.29. The van der Waals surface area contributed by atoms with Crippen LogP contribution in [0.3, 0.4) is 0 Å². The van der Waals surface area contributed by atoms with E-state index in [1.165, 1.54) is 25.7 Å². The molecule has 3 nitrogen and oxygen atoms in total. The second-order valence-corrected chi connectivity index (χ2v) is 5.25. The van der Waals surface area contributed by atoms with Crippen LogP contribution in [0.1, 0.15) is 44.3 Å². The Morgan fingerprint density at radius 1 is 1.44 bits per heavy atom. The van der Waals surface area contributed by atoms with Crippen molar-refractivity contribution in [2.45, 2.75) is 44.6 Å². The first-order chi connectivity index (χ1) is 7.76. The topological polar surface area (TPSA) is 37.8 Å². The first kappa shape index (κ1) is 10.3. The third-order valence-corrected chi connectivity index (χ3v) is 3.63. The molecular formula is C12H16ClN3. The molecular weight excluding hydrogens is 222 g/mol. The zero-order chi connectivity index (χ0) is 11.1. The van der Waals surface area contributed by atoms with Gasteiger partial charge in [0.15, 0.2) is 0 Å². The van der Waals surface area contributed by atoms with Crippen LogP contribution in [0.15, 0.2) is 6.07 Å². The highest BCUT2D eigenvalue weighted by molar-refractivity contribution is 6.29. The SMILES string of the molecule is CCC1CC1Nc1cc(Cl)nc(C2CC2)n1. The van der Waals surface area contributed by atoms with Gasteiger partial charge in [-0.05, 0) is 25.2 Å². The summed E-state index contributed by atoms with van der Waals surface area (Å²) >= 11 is 6.00. The van der Waals surface area contributed by atoms with E-state index in [1.807, 2.05) is 6.07 Å². The Balaban J connectivity index is 1.73. The molecule has 0 aliphatic heterocycles. The van der Waals surface area contributed by atoms with Crippen molar-refractivity contribution in [2.75, 3.05) is 5.32 Å². The molecule has 0 aromatic carbocycles. The molecule has 86 valence electrons. The van der Waals surface area contributed by atoms with Crippen LogP contribution >= 0.6 is 11.6 Å². The second kappa shape index (κ2) is 3.88. The summed E-state index contributed by atoms with van der Waals surface area (Å²) in [5.41, 5.74) is 0. The van der Waals surface area contributed by atoms with E-state index in [4.69, 9.17) is 11.6 Å². The van der Waals surface area contributed by atoms with Crippen LogP contribution in [0.5, 0.6) is 0 Å². The maximum Gasteiger partial charge on any atom is 0.135 e. The van der Waals surface area contributed by atoms with Crippen LogP contribution in [0.2, 0.25) is 5.15 Å². The zero-order valence-electron chi connectivity index (χ0n) is 9.41. The second-order valence-electron chi connectivity index (χ2n) is 4.86. The summed E-state index contributed by atoms with van der Waals surface area (Å²) in [7, 11) is 0. The molecule has 4 heteroatoms. The van der Waals surface area contributed by atoms with E-state index in [9.17, 15) is 0 Å². The van der Waals surface area contributed by atoms with Gasteiger partial charge in [0.05, 0.1) is 0 Å². The average molecular weight is 238 g/mol. The molecule has 1 aromatic heterocycles. The minimum atomic E-state index is 0.556. The van der Waals surface area contributed by atoms with Crippen molar-refractivity contribution in [1.29, 1.82) is 0 Å². The fourth-order valence-electron chi connectivity index (χ4n) is 2.10. The van der Waals surface area contributed by atoms with Crippen LogP contribution in [0.25, 0.3) is 0 Å². The number of nitrogens with zero attached hydrogens (tertiary/aromatic N) is 2. The molecule has 0 spiro atoms. The lowest BCUT2D eigenvalue weighted by molar-refractivity contribution is 0.772. The van der Waals surface area contributed by atoms with Gasteiger partial charge in [0.2, 0.25) is 0 Å². The van der Waals surface area contributed by atoms with Gasteiger partial charge in [-0.2, -0.15) is 0 Å². The van der Waals surface area contributed by atoms with Crippen molar-refractivity contribution in [3.63, 3.8) is 0 Å². The molecule has 1 N–H and O–H groups in total. The summed E-state index contributed by atoms with van der Waals surface area (Å²) in [5, 5.41) is 4.01. The number of rotatable bonds is 4. The standard InChI is InChI=1S/C12H16ClN3/c1-2-7-5-9(7)14-11-6-10(13)15-12(16-11)8-3-4-8/h6-9H,2-5H2,1H3,(H,14,15,16). The van der Waals surface area contributed by atoms with Gasteiger partial charge in [-0.1, -0.05) is 24.9 Å². The Bertz CT molecular complexity index is 403. The quantitative estimate of drug-likeness (QED) is 0.818. The lowest BCUT2D eigenvalue weighted by atomic mass is 10.3. The molecule has 2 aliphatic carbocycles. The fraction of sp³-hybridized carbons (Fsp3) is 0.667. The maximum atomic E-state index is 6.00.